The molecule has 1 N–H and O–H groups in total. The molecule has 1 saturated carbocycles. The lowest BCUT2D eigenvalue weighted by Gasteiger charge is -2.10. The SMILES string of the molecule is FC(F)Oc1ccccc1CNc1nc(C2CC2)ns1. The number of alkyl halides is 2. The quantitative estimate of drug-likeness (QED) is 0.884. The molecule has 0 saturated heterocycles. The van der Waals surface area contributed by atoms with E-state index in [0.717, 1.165) is 18.7 Å². The van der Waals surface area contributed by atoms with Crippen LogP contribution in [-0.4, -0.2) is 16.0 Å². The maximum atomic E-state index is 12.3. The highest BCUT2D eigenvalue weighted by Crippen LogP contribution is 2.39. The van der Waals surface area contributed by atoms with Crippen molar-refractivity contribution in [1.82, 2.24) is 9.36 Å². The molecule has 0 aliphatic heterocycles. The Balaban J connectivity index is 1.64. The average molecular weight is 297 g/mol. The number of ether oxygens (including phenoxy) is 1. The van der Waals surface area contributed by atoms with Crippen LogP contribution in [0.2, 0.25) is 0 Å². The molecule has 1 aliphatic carbocycles. The monoisotopic (exact) mass is 297 g/mol. The summed E-state index contributed by atoms with van der Waals surface area (Å²) < 4.78 is 33.4. The zero-order chi connectivity index (χ0) is 13.9. The van der Waals surface area contributed by atoms with E-state index in [1.807, 2.05) is 0 Å². The summed E-state index contributed by atoms with van der Waals surface area (Å²) in [4.78, 5) is 4.39. The van der Waals surface area contributed by atoms with Crippen LogP contribution >= 0.6 is 11.5 Å². The first-order valence-electron chi connectivity index (χ1n) is 6.32. The molecule has 0 unspecified atom stereocenters. The van der Waals surface area contributed by atoms with Crippen molar-refractivity contribution in [2.75, 3.05) is 5.32 Å². The number of anilines is 1. The first-order valence-corrected chi connectivity index (χ1v) is 7.10. The average Bonchev–Trinajstić information content (AvgIpc) is 3.17. The lowest BCUT2D eigenvalue weighted by atomic mass is 10.2. The molecule has 1 aromatic heterocycles. The number of hydrogen-bond donors (Lipinski definition) is 1. The molecule has 7 heteroatoms. The molecule has 1 aromatic carbocycles. The molecule has 106 valence electrons. The Morgan fingerprint density at radius 1 is 1.35 bits per heavy atom. The van der Waals surface area contributed by atoms with Crippen LogP contribution in [0.15, 0.2) is 24.3 Å². The van der Waals surface area contributed by atoms with Gasteiger partial charge in [-0.2, -0.15) is 13.2 Å². The van der Waals surface area contributed by atoms with Crippen molar-refractivity contribution < 1.29 is 13.5 Å². The van der Waals surface area contributed by atoms with E-state index in [4.69, 9.17) is 0 Å². The highest BCUT2D eigenvalue weighted by Gasteiger charge is 2.27. The summed E-state index contributed by atoms with van der Waals surface area (Å²) in [5.74, 6) is 1.58. The van der Waals surface area contributed by atoms with Gasteiger partial charge in [0, 0.05) is 29.6 Å². The fourth-order valence-corrected chi connectivity index (χ4v) is 2.49. The van der Waals surface area contributed by atoms with Gasteiger partial charge in [0.2, 0.25) is 5.13 Å². The van der Waals surface area contributed by atoms with Gasteiger partial charge in [-0.1, -0.05) is 18.2 Å². The Kier molecular flexibility index (Phi) is 3.77. The summed E-state index contributed by atoms with van der Waals surface area (Å²) in [6.07, 6.45) is 2.31. The second-order valence-electron chi connectivity index (χ2n) is 4.57. The summed E-state index contributed by atoms with van der Waals surface area (Å²) in [5, 5.41) is 3.80. The second-order valence-corrected chi connectivity index (χ2v) is 5.32. The van der Waals surface area contributed by atoms with E-state index in [9.17, 15) is 8.78 Å². The van der Waals surface area contributed by atoms with Crippen molar-refractivity contribution in [2.24, 2.45) is 0 Å². The van der Waals surface area contributed by atoms with Crippen molar-refractivity contribution in [3.8, 4) is 5.75 Å². The molecule has 0 radical (unpaired) electrons. The summed E-state index contributed by atoms with van der Waals surface area (Å²) in [6, 6.07) is 6.72. The van der Waals surface area contributed by atoms with Crippen LogP contribution in [0.25, 0.3) is 0 Å². The Morgan fingerprint density at radius 2 is 2.15 bits per heavy atom. The fourth-order valence-electron chi connectivity index (χ4n) is 1.85. The highest BCUT2D eigenvalue weighted by atomic mass is 32.1. The topological polar surface area (TPSA) is 47.0 Å². The van der Waals surface area contributed by atoms with Gasteiger partial charge >= 0.3 is 6.61 Å². The van der Waals surface area contributed by atoms with Crippen LogP contribution in [-0.2, 0) is 6.54 Å². The van der Waals surface area contributed by atoms with Crippen molar-refractivity contribution in [2.45, 2.75) is 31.9 Å². The Labute approximate surface area is 119 Å². The van der Waals surface area contributed by atoms with E-state index >= 15 is 0 Å². The summed E-state index contributed by atoms with van der Waals surface area (Å²) in [7, 11) is 0. The molecule has 1 aliphatic rings. The number of halogens is 2. The number of nitrogens with one attached hydrogen (secondary N) is 1. The first kappa shape index (κ1) is 13.2. The Hall–Kier alpha value is -1.76. The van der Waals surface area contributed by atoms with Crippen LogP contribution in [0.3, 0.4) is 0 Å². The molecule has 0 spiro atoms. The zero-order valence-electron chi connectivity index (χ0n) is 10.6. The van der Waals surface area contributed by atoms with Gasteiger partial charge in [-0.3, -0.25) is 0 Å². The van der Waals surface area contributed by atoms with Crippen LogP contribution in [0.4, 0.5) is 13.9 Å². The smallest absolute Gasteiger partial charge is 0.387 e. The van der Waals surface area contributed by atoms with Crippen molar-refractivity contribution in [3.63, 3.8) is 0 Å². The van der Waals surface area contributed by atoms with Gasteiger partial charge in [0.1, 0.15) is 11.6 Å². The zero-order valence-corrected chi connectivity index (χ0v) is 11.4. The number of rotatable bonds is 6. The van der Waals surface area contributed by atoms with Crippen molar-refractivity contribution in [3.05, 3.63) is 35.7 Å². The van der Waals surface area contributed by atoms with Crippen molar-refractivity contribution >= 4 is 16.7 Å². The van der Waals surface area contributed by atoms with Crippen LogP contribution < -0.4 is 10.1 Å². The second kappa shape index (κ2) is 5.70. The fraction of sp³-hybridized carbons (Fsp3) is 0.385. The Morgan fingerprint density at radius 3 is 2.90 bits per heavy atom. The van der Waals surface area contributed by atoms with Crippen LogP contribution in [0, 0.1) is 0 Å². The predicted octanol–water partition coefficient (Wildman–Crippen LogP) is 3.63. The molecule has 1 heterocycles. The number of benzene rings is 1. The predicted molar refractivity (Wildman–Crippen MR) is 72.3 cm³/mol. The summed E-state index contributed by atoms with van der Waals surface area (Å²) in [5.41, 5.74) is 0.663. The van der Waals surface area contributed by atoms with Crippen LogP contribution in [0.1, 0.15) is 30.1 Å². The standard InChI is InChI=1S/C13H13F2N3OS/c14-12(15)19-10-4-2-1-3-9(10)7-16-13-17-11(18-20-13)8-5-6-8/h1-4,8,12H,5-7H2,(H,16,17,18). The highest BCUT2D eigenvalue weighted by molar-refractivity contribution is 7.09. The minimum Gasteiger partial charge on any atom is -0.434 e. The molecular weight excluding hydrogens is 284 g/mol. The van der Waals surface area contributed by atoms with Gasteiger partial charge < -0.3 is 10.1 Å². The van der Waals surface area contributed by atoms with Gasteiger partial charge in [-0.25, -0.2) is 4.98 Å². The number of aromatic nitrogens is 2. The summed E-state index contributed by atoms with van der Waals surface area (Å²) >= 11 is 1.30. The number of nitrogens with zero attached hydrogens (tertiary/aromatic N) is 2. The van der Waals surface area contributed by atoms with Gasteiger partial charge in [-0.05, 0) is 18.9 Å². The molecule has 4 nitrogen and oxygen atoms in total. The van der Waals surface area contributed by atoms with E-state index in [1.54, 1.807) is 18.2 Å². The van der Waals surface area contributed by atoms with Gasteiger partial charge in [-0.15, -0.1) is 0 Å². The normalized spacial score (nSPS) is 14.6. The van der Waals surface area contributed by atoms with Gasteiger partial charge in [0.15, 0.2) is 0 Å². The summed E-state index contributed by atoms with van der Waals surface area (Å²) in [6.45, 7) is -2.44. The molecule has 0 atom stereocenters. The molecule has 3 rings (SSSR count). The minimum absolute atomic E-state index is 0.182. The lowest BCUT2D eigenvalue weighted by molar-refractivity contribution is -0.0504. The lowest BCUT2D eigenvalue weighted by Crippen LogP contribution is -2.07. The number of hydrogen-bond acceptors (Lipinski definition) is 5. The first-order chi connectivity index (χ1) is 9.72. The largest absolute Gasteiger partial charge is 0.434 e. The van der Waals surface area contributed by atoms with Crippen LogP contribution in [0.5, 0.6) is 5.75 Å². The Bertz CT molecular complexity index is 587. The third-order valence-corrected chi connectivity index (χ3v) is 3.69. The third kappa shape index (κ3) is 3.22. The number of para-hydroxylation sites is 1. The van der Waals surface area contributed by atoms with E-state index in [0.29, 0.717) is 23.2 Å². The van der Waals surface area contributed by atoms with E-state index in [2.05, 4.69) is 19.4 Å². The minimum atomic E-state index is -2.82. The molecule has 1 fully saturated rings. The van der Waals surface area contributed by atoms with E-state index in [-0.39, 0.29) is 5.75 Å². The maximum absolute atomic E-state index is 12.3. The molecular formula is C13H13F2N3OS. The van der Waals surface area contributed by atoms with Crippen molar-refractivity contribution in [1.29, 1.82) is 0 Å². The van der Waals surface area contributed by atoms with E-state index in [1.165, 1.54) is 17.6 Å². The van der Waals surface area contributed by atoms with Gasteiger partial charge in [0.25, 0.3) is 0 Å². The van der Waals surface area contributed by atoms with Gasteiger partial charge in [0.05, 0.1) is 0 Å². The molecule has 0 amide bonds. The molecule has 0 bridgehead atoms. The van der Waals surface area contributed by atoms with E-state index < -0.39 is 6.61 Å². The molecule has 20 heavy (non-hydrogen) atoms. The third-order valence-electron chi connectivity index (χ3n) is 3.00. The molecule has 2 aromatic rings. The maximum Gasteiger partial charge on any atom is 0.387 e.